The molecule has 124 valence electrons. The predicted octanol–water partition coefficient (Wildman–Crippen LogP) is 2.38. The number of ether oxygens (including phenoxy) is 1. The molecule has 0 saturated heterocycles. The van der Waals surface area contributed by atoms with Gasteiger partial charge in [0.2, 0.25) is 0 Å². The monoisotopic (exact) mass is 300 g/mol. The molecule has 0 unspecified atom stereocenters. The molecule has 1 fully saturated rings. The average Bonchev–Trinajstić information content (AvgIpc) is 3.15. The Bertz CT molecular complexity index is 333. The maximum absolute atomic E-state index is 12.2. The highest BCUT2D eigenvalue weighted by molar-refractivity contribution is 5.69. The number of aliphatic hydroxyl groups excluding tert-OH is 1. The molecule has 5 heteroatoms. The van der Waals surface area contributed by atoms with Crippen molar-refractivity contribution in [2.75, 3.05) is 26.2 Å². The van der Waals surface area contributed by atoms with Crippen LogP contribution >= 0.6 is 0 Å². The summed E-state index contributed by atoms with van der Waals surface area (Å²) in [5.41, 5.74) is -0.533. The zero-order valence-electron chi connectivity index (χ0n) is 14.2. The van der Waals surface area contributed by atoms with Crippen LogP contribution in [-0.4, -0.2) is 54.0 Å². The molecule has 0 bridgehead atoms. The lowest BCUT2D eigenvalue weighted by atomic mass is 9.95. The molecule has 0 radical (unpaired) electrons. The summed E-state index contributed by atoms with van der Waals surface area (Å²) in [5.74, 6) is 0. The molecule has 1 aliphatic rings. The topological polar surface area (TPSA) is 61.8 Å². The lowest BCUT2D eigenvalue weighted by Crippen LogP contribution is -2.40. The molecular weight excluding hydrogens is 268 g/mol. The Balaban J connectivity index is 2.28. The zero-order valence-corrected chi connectivity index (χ0v) is 14.2. The van der Waals surface area contributed by atoms with Crippen molar-refractivity contribution in [3.63, 3.8) is 0 Å². The summed E-state index contributed by atoms with van der Waals surface area (Å²) in [7, 11) is 0. The van der Waals surface area contributed by atoms with Gasteiger partial charge in [-0.2, -0.15) is 0 Å². The Morgan fingerprint density at radius 1 is 1.29 bits per heavy atom. The highest BCUT2D eigenvalue weighted by Crippen LogP contribution is 2.28. The third-order valence-electron chi connectivity index (χ3n) is 3.40. The van der Waals surface area contributed by atoms with Gasteiger partial charge in [0.1, 0.15) is 5.60 Å². The molecule has 5 nitrogen and oxygen atoms in total. The Morgan fingerprint density at radius 3 is 2.38 bits per heavy atom. The maximum Gasteiger partial charge on any atom is 0.410 e. The molecule has 0 spiro atoms. The fourth-order valence-electron chi connectivity index (χ4n) is 1.99. The lowest BCUT2D eigenvalue weighted by molar-refractivity contribution is 0.0231. The highest BCUT2D eigenvalue weighted by Gasteiger charge is 2.34. The van der Waals surface area contributed by atoms with E-state index < -0.39 is 5.60 Å². The van der Waals surface area contributed by atoms with Crippen molar-refractivity contribution in [3.8, 4) is 0 Å². The van der Waals surface area contributed by atoms with Crippen LogP contribution in [0.15, 0.2) is 0 Å². The zero-order chi connectivity index (χ0) is 16.1. The normalized spacial score (nSPS) is 15.9. The Hall–Kier alpha value is -0.810. The SMILES string of the molecule is CC(C)(CO)CNCCCN(C(=O)OC(C)(C)C)C1CC1. The van der Waals surface area contributed by atoms with E-state index in [1.54, 1.807) is 0 Å². The van der Waals surface area contributed by atoms with Gasteiger partial charge in [-0.3, -0.25) is 0 Å². The molecule has 2 N–H and O–H groups in total. The minimum Gasteiger partial charge on any atom is -0.444 e. The number of nitrogens with one attached hydrogen (secondary N) is 1. The van der Waals surface area contributed by atoms with Crippen molar-refractivity contribution < 1.29 is 14.6 Å². The van der Waals surface area contributed by atoms with Crippen molar-refractivity contribution in [2.45, 2.75) is 65.5 Å². The van der Waals surface area contributed by atoms with Gasteiger partial charge in [-0.15, -0.1) is 0 Å². The number of carbonyl (C=O) groups excluding carboxylic acids is 1. The number of hydrogen-bond acceptors (Lipinski definition) is 4. The van der Waals surface area contributed by atoms with E-state index in [0.717, 1.165) is 38.9 Å². The molecule has 1 rings (SSSR count). The molecule has 0 aliphatic heterocycles. The molecule has 21 heavy (non-hydrogen) atoms. The minimum absolute atomic E-state index is 0.0959. The lowest BCUT2D eigenvalue weighted by Gasteiger charge is -2.27. The standard InChI is InChI=1S/C16H32N2O3/c1-15(2,3)21-14(20)18(13-7-8-13)10-6-9-17-11-16(4,5)12-19/h13,17,19H,6-12H2,1-5H3. The van der Waals surface area contributed by atoms with Gasteiger partial charge in [-0.25, -0.2) is 4.79 Å². The van der Waals surface area contributed by atoms with Crippen molar-refractivity contribution in [2.24, 2.45) is 5.41 Å². The summed E-state index contributed by atoms with van der Waals surface area (Å²) in [6.07, 6.45) is 2.88. The van der Waals surface area contributed by atoms with Crippen molar-refractivity contribution in [3.05, 3.63) is 0 Å². The third-order valence-corrected chi connectivity index (χ3v) is 3.40. The van der Waals surface area contributed by atoms with Crippen LogP contribution in [0.2, 0.25) is 0 Å². The van der Waals surface area contributed by atoms with Gasteiger partial charge in [-0.1, -0.05) is 13.8 Å². The number of carbonyl (C=O) groups is 1. The molecule has 0 atom stereocenters. The van der Waals surface area contributed by atoms with Crippen molar-refractivity contribution in [1.29, 1.82) is 0 Å². The first kappa shape index (κ1) is 18.2. The van der Waals surface area contributed by atoms with Gasteiger partial charge >= 0.3 is 6.09 Å². The van der Waals surface area contributed by atoms with Crippen LogP contribution in [0.25, 0.3) is 0 Å². The smallest absolute Gasteiger partial charge is 0.410 e. The summed E-state index contributed by atoms with van der Waals surface area (Å²) < 4.78 is 5.46. The van der Waals surface area contributed by atoms with Crippen molar-refractivity contribution >= 4 is 6.09 Å². The van der Waals surface area contributed by atoms with Crippen LogP contribution in [0.5, 0.6) is 0 Å². The van der Waals surface area contributed by atoms with E-state index in [9.17, 15) is 9.90 Å². The van der Waals surface area contributed by atoms with Gasteiger partial charge in [0, 0.05) is 31.2 Å². The van der Waals surface area contributed by atoms with Crippen LogP contribution in [0.1, 0.15) is 53.9 Å². The fraction of sp³-hybridized carbons (Fsp3) is 0.938. The number of hydrogen-bond donors (Lipinski definition) is 2. The average molecular weight is 300 g/mol. The maximum atomic E-state index is 12.2. The molecule has 1 amide bonds. The Morgan fingerprint density at radius 2 is 1.90 bits per heavy atom. The van der Waals surface area contributed by atoms with E-state index >= 15 is 0 Å². The number of rotatable bonds is 8. The molecule has 0 aromatic carbocycles. The predicted molar refractivity (Wildman–Crippen MR) is 84.3 cm³/mol. The van der Waals surface area contributed by atoms with E-state index in [4.69, 9.17) is 4.74 Å². The van der Waals surface area contributed by atoms with Crippen LogP contribution in [0, 0.1) is 5.41 Å². The van der Waals surface area contributed by atoms with Crippen LogP contribution in [-0.2, 0) is 4.74 Å². The first-order valence-electron chi connectivity index (χ1n) is 7.96. The second-order valence-electron chi connectivity index (χ2n) is 7.76. The second kappa shape index (κ2) is 7.45. The van der Waals surface area contributed by atoms with Crippen LogP contribution < -0.4 is 5.32 Å². The molecule has 0 aromatic rings. The largest absolute Gasteiger partial charge is 0.444 e. The summed E-state index contributed by atoms with van der Waals surface area (Å²) in [6.45, 7) is 12.3. The molecule has 0 heterocycles. The number of amides is 1. The van der Waals surface area contributed by atoms with Gasteiger partial charge < -0.3 is 20.1 Å². The summed E-state index contributed by atoms with van der Waals surface area (Å²) in [4.78, 5) is 14.0. The van der Waals surface area contributed by atoms with Crippen LogP contribution in [0.4, 0.5) is 4.79 Å². The number of aliphatic hydroxyl groups is 1. The third kappa shape index (κ3) is 7.67. The Kier molecular flexibility index (Phi) is 6.47. The molecule has 1 aliphatic carbocycles. The highest BCUT2D eigenvalue weighted by atomic mass is 16.6. The quantitative estimate of drug-likeness (QED) is 0.676. The van der Waals surface area contributed by atoms with E-state index in [1.165, 1.54) is 0 Å². The first-order valence-corrected chi connectivity index (χ1v) is 7.96. The van der Waals surface area contributed by atoms with E-state index in [-0.39, 0.29) is 18.1 Å². The fourth-order valence-corrected chi connectivity index (χ4v) is 1.99. The van der Waals surface area contributed by atoms with Gasteiger partial charge in [0.15, 0.2) is 0 Å². The van der Waals surface area contributed by atoms with E-state index in [2.05, 4.69) is 5.32 Å². The molecule has 0 aromatic heterocycles. The molecular formula is C16H32N2O3. The molecule has 1 saturated carbocycles. The minimum atomic E-state index is -0.437. The number of nitrogens with zero attached hydrogens (tertiary/aromatic N) is 1. The van der Waals surface area contributed by atoms with E-state index in [0.29, 0.717) is 6.04 Å². The van der Waals surface area contributed by atoms with Gasteiger partial charge in [0.05, 0.1) is 0 Å². The summed E-state index contributed by atoms with van der Waals surface area (Å²) >= 11 is 0. The van der Waals surface area contributed by atoms with Crippen LogP contribution in [0.3, 0.4) is 0 Å². The van der Waals surface area contributed by atoms with Gasteiger partial charge in [-0.05, 0) is 46.6 Å². The van der Waals surface area contributed by atoms with E-state index in [1.807, 2.05) is 39.5 Å². The second-order valence-corrected chi connectivity index (χ2v) is 7.76. The van der Waals surface area contributed by atoms with Crippen molar-refractivity contribution in [1.82, 2.24) is 10.2 Å². The first-order chi connectivity index (χ1) is 9.64. The summed E-state index contributed by atoms with van der Waals surface area (Å²) in [6, 6.07) is 0.369. The Labute approximate surface area is 129 Å². The summed E-state index contributed by atoms with van der Waals surface area (Å²) in [5, 5.41) is 12.5. The van der Waals surface area contributed by atoms with Gasteiger partial charge in [0.25, 0.3) is 0 Å².